The van der Waals surface area contributed by atoms with Gasteiger partial charge in [0.2, 0.25) is 15.9 Å². The first kappa shape index (κ1) is 17.8. The molecule has 8 heteroatoms. The van der Waals surface area contributed by atoms with Crippen LogP contribution < -0.4 is 5.32 Å². The van der Waals surface area contributed by atoms with Gasteiger partial charge in [0.25, 0.3) is 0 Å². The summed E-state index contributed by atoms with van der Waals surface area (Å²) in [5, 5.41) is 3.17. The maximum absolute atomic E-state index is 13.0. The minimum atomic E-state index is -3.87. The number of hydrogen-bond acceptors (Lipinski definition) is 3. The Bertz CT molecular complexity index is 887. The summed E-state index contributed by atoms with van der Waals surface area (Å²) in [4.78, 5) is 12.5. The minimum absolute atomic E-state index is 0.0312. The molecule has 3 rings (SSSR count). The molecule has 1 heterocycles. The molecule has 1 N–H and O–H groups in total. The fourth-order valence-electron chi connectivity index (χ4n) is 2.82. The lowest BCUT2D eigenvalue weighted by Gasteiger charge is -2.23. The molecule has 1 amide bonds. The molecule has 2 aromatic rings. The average molecular weight is 383 g/mol. The van der Waals surface area contributed by atoms with Crippen LogP contribution in [-0.4, -0.2) is 31.2 Å². The maximum atomic E-state index is 13.0. The van der Waals surface area contributed by atoms with Crippen molar-refractivity contribution in [3.63, 3.8) is 0 Å². The number of carbonyl (C=O) groups excluding carboxylic acids is 1. The largest absolute Gasteiger partial charge is 0.325 e. The van der Waals surface area contributed by atoms with E-state index in [9.17, 15) is 17.6 Å². The number of anilines is 1. The van der Waals surface area contributed by atoms with E-state index in [-0.39, 0.29) is 11.4 Å². The number of halogens is 2. The first-order chi connectivity index (χ1) is 11.9. The Morgan fingerprint density at radius 3 is 2.60 bits per heavy atom. The molecular weight excluding hydrogens is 367 g/mol. The lowest BCUT2D eigenvalue weighted by Crippen LogP contribution is -2.43. The van der Waals surface area contributed by atoms with Gasteiger partial charge >= 0.3 is 0 Å². The molecule has 1 aliphatic rings. The second kappa shape index (κ2) is 7.11. The molecule has 0 aliphatic carbocycles. The summed E-state index contributed by atoms with van der Waals surface area (Å²) in [7, 11) is -3.87. The van der Waals surface area contributed by atoms with Crippen LogP contribution in [0.25, 0.3) is 0 Å². The Labute approximate surface area is 150 Å². The number of nitrogens with one attached hydrogen (secondary N) is 1. The molecule has 0 spiro atoms. The molecule has 2 aromatic carbocycles. The van der Waals surface area contributed by atoms with Crippen LogP contribution in [0.1, 0.15) is 12.8 Å². The number of amides is 1. The molecule has 1 fully saturated rings. The van der Waals surface area contributed by atoms with Gasteiger partial charge in [0.1, 0.15) is 11.9 Å². The van der Waals surface area contributed by atoms with Gasteiger partial charge in [0, 0.05) is 17.3 Å². The van der Waals surface area contributed by atoms with Crippen molar-refractivity contribution in [2.24, 2.45) is 0 Å². The minimum Gasteiger partial charge on any atom is -0.325 e. The van der Waals surface area contributed by atoms with E-state index in [1.54, 1.807) is 24.3 Å². The van der Waals surface area contributed by atoms with Crippen molar-refractivity contribution >= 4 is 33.2 Å². The van der Waals surface area contributed by atoms with Crippen LogP contribution in [0.4, 0.5) is 10.1 Å². The number of rotatable bonds is 4. The predicted molar refractivity (Wildman–Crippen MR) is 93.4 cm³/mol. The van der Waals surface area contributed by atoms with Crippen molar-refractivity contribution in [3.8, 4) is 0 Å². The molecule has 0 bridgehead atoms. The van der Waals surface area contributed by atoms with Crippen molar-refractivity contribution in [3.05, 3.63) is 59.4 Å². The van der Waals surface area contributed by atoms with Crippen LogP contribution in [0.15, 0.2) is 53.4 Å². The summed E-state index contributed by atoms with van der Waals surface area (Å²) < 4.78 is 39.8. The summed E-state index contributed by atoms with van der Waals surface area (Å²) in [6, 6.07) is 10.4. The van der Waals surface area contributed by atoms with Crippen molar-refractivity contribution < 1.29 is 17.6 Å². The van der Waals surface area contributed by atoms with Gasteiger partial charge in [-0.3, -0.25) is 4.79 Å². The van der Waals surface area contributed by atoms with Gasteiger partial charge in [-0.25, -0.2) is 12.8 Å². The van der Waals surface area contributed by atoms with Crippen molar-refractivity contribution in [2.45, 2.75) is 23.8 Å². The highest BCUT2D eigenvalue weighted by Gasteiger charge is 2.39. The third-order valence-corrected chi connectivity index (χ3v) is 6.18. The van der Waals surface area contributed by atoms with Crippen LogP contribution in [0, 0.1) is 5.82 Å². The molecule has 25 heavy (non-hydrogen) atoms. The summed E-state index contributed by atoms with van der Waals surface area (Å²) in [5.74, 6) is -0.930. The highest BCUT2D eigenvalue weighted by atomic mass is 35.5. The Balaban J connectivity index is 1.82. The van der Waals surface area contributed by atoms with Crippen LogP contribution in [-0.2, 0) is 14.8 Å². The fraction of sp³-hybridized carbons (Fsp3) is 0.235. The molecule has 1 saturated heterocycles. The third kappa shape index (κ3) is 3.84. The Kier molecular flexibility index (Phi) is 5.08. The van der Waals surface area contributed by atoms with Crippen molar-refractivity contribution in [1.29, 1.82) is 0 Å². The van der Waals surface area contributed by atoms with Crippen LogP contribution in [0.5, 0.6) is 0 Å². The van der Waals surface area contributed by atoms with Crippen molar-refractivity contribution in [2.75, 3.05) is 11.9 Å². The van der Waals surface area contributed by atoms with Gasteiger partial charge < -0.3 is 5.32 Å². The summed E-state index contributed by atoms with van der Waals surface area (Å²) in [6.07, 6.45) is 1.00. The van der Waals surface area contributed by atoms with Gasteiger partial charge in [0.15, 0.2) is 0 Å². The molecule has 0 aromatic heterocycles. The smallest absolute Gasteiger partial charge is 0.243 e. The Morgan fingerprint density at radius 1 is 1.20 bits per heavy atom. The number of sulfonamides is 1. The second-order valence-corrected chi connectivity index (χ2v) is 8.05. The number of nitrogens with zero attached hydrogens (tertiary/aromatic N) is 1. The van der Waals surface area contributed by atoms with Gasteiger partial charge in [0.05, 0.1) is 4.90 Å². The lowest BCUT2D eigenvalue weighted by atomic mass is 10.2. The van der Waals surface area contributed by atoms with Gasteiger partial charge in [-0.05, 0) is 55.3 Å². The van der Waals surface area contributed by atoms with Gasteiger partial charge in [-0.1, -0.05) is 17.7 Å². The van der Waals surface area contributed by atoms with E-state index in [0.717, 1.165) is 12.1 Å². The summed E-state index contributed by atoms with van der Waals surface area (Å²) in [5.41, 5.74) is 0.503. The molecule has 0 saturated carbocycles. The predicted octanol–water partition coefficient (Wildman–Crippen LogP) is 3.27. The lowest BCUT2D eigenvalue weighted by molar-refractivity contribution is -0.119. The topological polar surface area (TPSA) is 66.5 Å². The van der Waals surface area contributed by atoms with Crippen LogP contribution >= 0.6 is 11.6 Å². The van der Waals surface area contributed by atoms with E-state index >= 15 is 0 Å². The van der Waals surface area contributed by atoms with E-state index in [2.05, 4.69) is 5.32 Å². The second-order valence-electron chi connectivity index (χ2n) is 5.73. The summed E-state index contributed by atoms with van der Waals surface area (Å²) >= 11 is 5.89. The average Bonchev–Trinajstić information content (AvgIpc) is 3.06. The van der Waals surface area contributed by atoms with E-state index in [1.165, 1.54) is 16.4 Å². The fourth-order valence-corrected chi connectivity index (χ4v) is 4.67. The van der Waals surface area contributed by atoms with Crippen LogP contribution in [0.3, 0.4) is 0 Å². The molecule has 5 nitrogen and oxygen atoms in total. The normalized spacial score (nSPS) is 18.2. The van der Waals surface area contributed by atoms with E-state index in [1.807, 2.05) is 0 Å². The van der Waals surface area contributed by atoms with Crippen molar-refractivity contribution in [1.82, 2.24) is 4.31 Å². The highest BCUT2D eigenvalue weighted by molar-refractivity contribution is 7.89. The number of benzene rings is 2. The molecular formula is C17H16ClFN2O3S. The highest BCUT2D eigenvalue weighted by Crippen LogP contribution is 2.27. The zero-order valence-electron chi connectivity index (χ0n) is 13.2. The third-order valence-electron chi connectivity index (χ3n) is 4.02. The first-order valence-corrected chi connectivity index (χ1v) is 9.53. The first-order valence-electron chi connectivity index (χ1n) is 7.72. The van der Waals surface area contributed by atoms with E-state index in [0.29, 0.717) is 23.6 Å². The molecule has 0 radical (unpaired) electrons. The van der Waals surface area contributed by atoms with Crippen LogP contribution in [0.2, 0.25) is 5.02 Å². The van der Waals surface area contributed by atoms with Gasteiger partial charge in [-0.15, -0.1) is 0 Å². The zero-order valence-corrected chi connectivity index (χ0v) is 14.7. The quantitative estimate of drug-likeness (QED) is 0.882. The Hall–Kier alpha value is -1.96. The molecule has 1 aliphatic heterocycles. The molecule has 1 unspecified atom stereocenters. The number of carbonyl (C=O) groups is 1. The Morgan fingerprint density at radius 2 is 1.92 bits per heavy atom. The van der Waals surface area contributed by atoms with Gasteiger partial charge in [-0.2, -0.15) is 4.31 Å². The molecule has 132 valence electrons. The molecule has 1 atom stereocenters. The van der Waals surface area contributed by atoms with E-state index in [4.69, 9.17) is 11.6 Å². The monoisotopic (exact) mass is 382 g/mol. The van der Waals surface area contributed by atoms with E-state index < -0.39 is 27.8 Å². The SMILES string of the molecule is O=C(Nc1cccc(Cl)c1)C1CCCN1S(=O)(=O)c1ccc(F)cc1. The zero-order chi connectivity index (χ0) is 18.0. The maximum Gasteiger partial charge on any atom is 0.243 e. The summed E-state index contributed by atoms with van der Waals surface area (Å²) in [6.45, 7) is 0.243. The standard InChI is InChI=1S/C17H16ClFN2O3S/c18-12-3-1-4-14(11-12)20-17(22)16-5-2-10-21(16)25(23,24)15-8-6-13(19)7-9-15/h1,3-4,6-9,11,16H,2,5,10H2,(H,20,22). The number of hydrogen-bond donors (Lipinski definition) is 1.